The van der Waals surface area contributed by atoms with Crippen LogP contribution in [0.4, 0.5) is 8.78 Å². The number of hydrogen-bond acceptors (Lipinski definition) is 2. The van der Waals surface area contributed by atoms with Gasteiger partial charge in [0.25, 0.3) is 0 Å². The quantitative estimate of drug-likeness (QED) is 0.829. The van der Waals surface area contributed by atoms with Crippen LogP contribution in [0.1, 0.15) is 51.0 Å². The highest BCUT2D eigenvalue weighted by molar-refractivity contribution is 5.27. The van der Waals surface area contributed by atoms with E-state index < -0.39 is 17.2 Å². The van der Waals surface area contributed by atoms with E-state index in [1.807, 2.05) is 0 Å². The average Bonchev–Trinajstić information content (AvgIpc) is 2.70. The van der Waals surface area contributed by atoms with Gasteiger partial charge in [-0.05, 0) is 38.0 Å². The summed E-state index contributed by atoms with van der Waals surface area (Å²) in [6.45, 7) is 1.47. The zero-order valence-electron chi connectivity index (χ0n) is 12.0. The highest BCUT2D eigenvalue weighted by Crippen LogP contribution is 2.27. The molecule has 2 N–H and O–H groups in total. The molecule has 1 aliphatic rings. The molecule has 1 fully saturated rings. The first-order valence-corrected chi connectivity index (χ1v) is 7.39. The molecule has 0 heterocycles. The molecular weight excluding hydrogens is 260 g/mol. The predicted molar refractivity (Wildman–Crippen MR) is 75.4 cm³/mol. The van der Waals surface area contributed by atoms with Gasteiger partial charge in [0.1, 0.15) is 11.6 Å². The van der Waals surface area contributed by atoms with Crippen molar-refractivity contribution in [2.75, 3.05) is 6.61 Å². The minimum absolute atomic E-state index is 0.198. The first-order valence-electron chi connectivity index (χ1n) is 7.39. The van der Waals surface area contributed by atoms with Crippen molar-refractivity contribution >= 4 is 0 Å². The monoisotopic (exact) mass is 283 g/mol. The molecule has 4 heteroatoms. The van der Waals surface area contributed by atoms with Gasteiger partial charge in [0.15, 0.2) is 0 Å². The molecule has 1 aliphatic carbocycles. The summed E-state index contributed by atoms with van der Waals surface area (Å²) in [7, 11) is 0. The van der Waals surface area contributed by atoms with Gasteiger partial charge in [-0.1, -0.05) is 25.7 Å². The third-order valence-corrected chi connectivity index (χ3v) is 4.22. The maximum Gasteiger partial charge on any atom is 0.128 e. The molecule has 0 amide bonds. The smallest absolute Gasteiger partial charge is 0.128 e. The largest absolute Gasteiger partial charge is 0.394 e. The fourth-order valence-corrected chi connectivity index (χ4v) is 3.00. The standard InChI is InChI=1S/C16H23F2NO/c1-16(11-20,14-10-12(17)8-9-15(14)18)19-13-6-4-2-3-5-7-13/h8-10,13,19-20H,2-7,11H2,1H3. The maximum atomic E-state index is 14.0. The number of rotatable bonds is 4. The molecule has 2 rings (SSSR count). The summed E-state index contributed by atoms with van der Waals surface area (Å²) in [5, 5.41) is 13.1. The third-order valence-electron chi connectivity index (χ3n) is 4.22. The van der Waals surface area contributed by atoms with Gasteiger partial charge in [-0.25, -0.2) is 8.78 Å². The minimum atomic E-state index is -0.943. The molecule has 20 heavy (non-hydrogen) atoms. The minimum Gasteiger partial charge on any atom is -0.394 e. The first-order chi connectivity index (χ1) is 9.55. The van der Waals surface area contributed by atoms with Gasteiger partial charge in [-0.2, -0.15) is 0 Å². The van der Waals surface area contributed by atoms with Crippen LogP contribution in [-0.2, 0) is 5.54 Å². The Bertz CT molecular complexity index is 444. The third kappa shape index (κ3) is 3.55. The Kier molecular flexibility index (Phi) is 5.11. The van der Waals surface area contributed by atoms with Crippen LogP contribution in [-0.4, -0.2) is 17.8 Å². The van der Waals surface area contributed by atoms with E-state index in [1.165, 1.54) is 18.9 Å². The van der Waals surface area contributed by atoms with Crippen molar-refractivity contribution in [3.05, 3.63) is 35.4 Å². The van der Waals surface area contributed by atoms with Crippen molar-refractivity contribution in [1.82, 2.24) is 5.32 Å². The lowest BCUT2D eigenvalue weighted by molar-refractivity contribution is 0.153. The Labute approximate surface area is 119 Å². The number of halogens is 2. The Morgan fingerprint density at radius 2 is 1.85 bits per heavy atom. The Balaban J connectivity index is 2.21. The normalized spacial score (nSPS) is 20.4. The number of nitrogens with one attached hydrogen (secondary N) is 1. The van der Waals surface area contributed by atoms with Crippen LogP contribution in [0.5, 0.6) is 0 Å². The molecule has 1 atom stereocenters. The zero-order chi connectivity index (χ0) is 14.6. The van der Waals surface area contributed by atoms with E-state index in [0.717, 1.165) is 37.8 Å². The molecule has 2 nitrogen and oxygen atoms in total. The molecule has 0 aromatic heterocycles. The second-order valence-corrected chi connectivity index (χ2v) is 5.95. The molecule has 1 saturated carbocycles. The number of aliphatic hydroxyl groups excluding tert-OH is 1. The van der Waals surface area contributed by atoms with E-state index >= 15 is 0 Å². The number of hydrogen-bond donors (Lipinski definition) is 2. The molecule has 112 valence electrons. The summed E-state index contributed by atoms with van der Waals surface area (Å²) in [4.78, 5) is 0. The van der Waals surface area contributed by atoms with Gasteiger partial charge in [-0.3, -0.25) is 0 Å². The van der Waals surface area contributed by atoms with E-state index in [9.17, 15) is 13.9 Å². The van der Waals surface area contributed by atoms with Crippen molar-refractivity contribution in [3.8, 4) is 0 Å². The average molecular weight is 283 g/mol. The summed E-state index contributed by atoms with van der Waals surface area (Å²) in [5.41, 5.74) is -0.745. The molecule has 0 radical (unpaired) electrons. The summed E-state index contributed by atoms with van der Waals surface area (Å²) < 4.78 is 27.3. The fraction of sp³-hybridized carbons (Fsp3) is 0.625. The second kappa shape index (κ2) is 6.64. The summed E-state index contributed by atoms with van der Waals surface area (Å²) in [6.07, 6.45) is 6.78. The second-order valence-electron chi connectivity index (χ2n) is 5.95. The number of benzene rings is 1. The number of aliphatic hydroxyl groups is 1. The fourth-order valence-electron chi connectivity index (χ4n) is 3.00. The van der Waals surface area contributed by atoms with Crippen LogP contribution in [0.15, 0.2) is 18.2 Å². The topological polar surface area (TPSA) is 32.3 Å². The van der Waals surface area contributed by atoms with Gasteiger partial charge in [-0.15, -0.1) is 0 Å². The first kappa shape index (κ1) is 15.4. The zero-order valence-corrected chi connectivity index (χ0v) is 12.0. The molecule has 0 spiro atoms. The van der Waals surface area contributed by atoms with E-state index in [1.54, 1.807) is 6.92 Å². The van der Waals surface area contributed by atoms with E-state index in [0.29, 0.717) is 0 Å². The Morgan fingerprint density at radius 1 is 1.20 bits per heavy atom. The highest BCUT2D eigenvalue weighted by atomic mass is 19.1. The van der Waals surface area contributed by atoms with Crippen LogP contribution >= 0.6 is 0 Å². The van der Waals surface area contributed by atoms with Gasteiger partial charge in [0, 0.05) is 11.6 Å². The molecule has 0 saturated heterocycles. The van der Waals surface area contributed by atoms with E-state index in [2.05, 4.69) is 5.32 Å². The lowest BCUT2D eigenvalue weighted by Gasteiger charge is -2.34. The van der Waals surface area contributed by atoms with Gasteiger partial charge < -0.3 is 10.4 Å². The van der Waals surface area contributed by atoms with E-state index in [4.69, 9.17) is 0 Å². The van der Waals surface area contributed by atoms with Crippen LogP contribution in [0, 0.1) is 11.6 Å². The van der Waals surface area contributed by atoms with Crippen molar-refractivity contribution < 1.29 is 13.9 Å². The molecule has 1 aromatic rings. The Morgan fingerprint density at radius 3 is 2.45 bits per heavy atom. The van der Waals surface area contributed by atoms with Crippen LogP contribution in [0.3, 0.4) is 0 Å². The SMILES string of the molecule is CC(CO)(NC1CCCCCC1)c1cc(F)ccc1F. The molecular formula is C16H23F2NO. The van der Waals surface area contributed by atoms with E-state index in [-0.39, 0.29) is 18.2 Å². The summed E-state index contributed by atoms with van der Waals surface area (Å²) in [6, 6.07) is 3.64. The summed E-state index contributed by atoms with van der Waals surface area (Å²) in [5.74, 6) is -0.965. The van der Waals surface area contributed by atoms with Crippen molar-refractivity contribution in [3.63, 3.8) is 0 Å². The molecule has 0 aliphatic heterocycles. The van der Waals surface area contributed by atoms with Gasteiger partial charge >= 0.3 is 0 Å². The Hall–Kier alpha value is -1.00. The van der Waals surface area contributed by atoms with Gasteiger partial charge in [0.2, 0.25) is 0 Å². The maximum absolute atomic E-state index is 14.0. The van der Waals surface area contributed by atoms with Crippen LogP contribution in [0.25, 0.3) is 0 Å². The molecule has 0 bridgehead atoms. The van der Waals surface area contributed by atoms with Crippen LogP contribution in [0.2, 0.25) is 0 Å². The van der Waals surface area contributed by atoms with Crippen molar-refractivity contribution in [2.24, 2.45) is 0 Å². The lowest BCUT2D eigenvalue weighted by Crippen LogP contribution is -2.49. The highest BCUT2D eigenvalue weighted by Gasteiger charge is 2.31. The summed E-state index contributed by atoms with van der Waals surface area (Å²) >= 11 is 0. The predicted octanol–water partition coefficient (Wildman–Crippen LogP) is 3.48. The van der Waals surface area contributed by atoms with Gasteiger partial charge in [0.05, 0.1) is 12.1 Å². The molecule has 1 aromatic carbocycles. The van der Waals surface area contributed by atoms with Crippen LogP contribution < -0.4 is 5.32 Å². The van der Waals surface area contributed by atoms with Crippen molar-refractivity contribution in [1.29, 1.82) is 0 Å². The van der Waals surface area contributed by atoms with Crippen molar-refractivity contribution in [2.45, 2.75) is 57.0 Å². The molecule has 1 unspecified atom stereocenters. The lowest BCUT2D eigenvalue weighted by atomic mass is 9.90.